The van der Waals surface area contributed by atoms with Crippen molar-refractivity contribution < 1.29 is 0 Å². The summed E-state index contributed by atoms with van der Waals surface area (Å²) in [4.78, 5) is 2.83. The van der Waals surface area contributed by atoms with Gasteiger partial charge in [-0.15, -0.1) is 0 Å². The van der Waals surface area contributed by atoms with Gasteiger partial charge >= 0.3 is 0 Å². The average molecular weight is 302 g/mol. The first kappa shape index (κ1) is 12.7. The molecule has 1 unspecified atom stereocenters. The predicted octanol–water partition coefficient (Wildman–Crippen LogP) is 4.93. The lowest BCUT2D eigenvalue weighted by molar-refractivity contribution is 0.936. The first-order chi connectivity index (χ1) is 8.85. The van der Waals surface area contributed by atoms with Gasteiger partial charge < -0.3 is 0 Å². The molecule has 90 valence electrons. The van der Waals surface area contributed by atoms with Crippen LogP contribution in [0.1, 0.15) is 5.56 Å². The third-order valence-electron chi connectivity index (χ3n) is 2.68. The van der Waals surface area contributed by atoms with E-state index in [4.69, 9.17) is 5.53 Å². The zero-order valence-corrected chi connectivity index (χ0v) is 11.3. The van der Waals surface area contributed by atoms with Crippen molar-refractivity contribution in [2.24, 2.45) is 5.11 Å². The molecule has 0 amide bonds. The third kappa shape index (κ3) is 2.92. The molecule has 0 heterocycles. The first-order valence-corrected chi connectivity index (χ1v) is 6.73. The molecule has 0 N–H and O–H groups in total. The summed E-state index contributed by atoms with van der Waals surface area (Å²) < 4.78 is 0. The number of fused-ring (bicyclic) bond motifs is 1. The molecule has 3 nitrogen and oxygen atoms in total. The van der Waals surface area contributed by atoms with Crippen molar-refractivity contribution >= 4 is 32.8 Å². The minimum Gasteiger partial charge on any atom is -0.0920 e. The Balaban J connectivity index is 2.37. The van der Waals surface area contributed by atoms with Gasteiger partial charge in [-0.3, -0.25) is 0 Å². The number of rotatable bonds is 4. The topological polar surface area (TPSA) is 48.8 Å². The van der Waals surface area contributed by atoms with Crippen molar-refractivity contribution in [3.8, 4) is 0 Å². The van der Waals surface area contributed by atoms with E-state index in [1.54, 1.807) is 0 Å². The monoisotopic (exact) mass is 301 g/mol. The number of benzene rings is 2. The quantitative estimate of drug-likeness (QED) is 0.333. The van der Waals surface area contributed by atoms with Gasteiger partial charge in [-0.2, -0.15) is 0 Å². The van der Waals surface area contributed by atoms with Crippen LogP contribution in [0, 0.1) is 0 Å². The van der Waals surface area contributed by atoms with Crippen LogP contribution < -0.4 is 0 Å². The largest absolute Gasteiger partial charge is 0.0920 e. The highest BCUT2D eigenvalue weighted by Crippen LogP contribution is 2.20. The van der Waals surface area contributed by atoms with Crippen LogP contribution in [-0.2, 0) is 0 Å². The number of azide groups is 1. The zero-order chi connectivity index (χ0) is 12.8. The second-order valence-electron chi connectivity index (χ2n) is 3.85. The van der Waals surface area contributed by atoms with Gasteiger partial charge in [0, 0.05) is 10.2 Å². The van der Waals surface area contributed by atoms with Gasteiger partial charge in [0.1, 0.15) is 0 Å². The standard InChI is InChI=1S/C14H12BrN3/c15-10-13(17-18-16)9-8-12-6-3-5-11-4-1-2-7-14(11)12/h1-9,13H,10H2. The van der Waals surface area contributed by atoms with Gasteiger partial charge in [0.05, 0.1) is 6.04 Å². The molecule has 0 aliphatic heterocycles. The number of hydrogen-bond acceptors (Lipinski definition) is 1. The summed E-state index contributed by atoms with van der Waals surface area (Å²) in [6.45, 7) is 0. The maximum atomic E-state index is 8.44. The Kier molecular flexibility index (Phi) is 4.40. The normalized spacial score (nSPS) is 12.5. The van der Waals surface area contributed by atoms with Crippen LogP contribution in [0.3, 0.4) is 0 Å². The molecule has 0 radical (unpaired) electrons. The molecule has 2 rings (SSSR count). The molecule has 0 aromatic heterocycles. The summed E-state index contributed by atoms with van der Waals surface area (Å²) >= 11 is 3.32. The summed E-state index contributed by atoms with van der Waals surface area (Å²) in [5, 5.41) is 6.71. The number of alkyl halides is 1. The van der Waals surface area contributed by atoms with Crippen LogP contribution in [0.15, 0.2) is 53.7 Å². The van der Waals surface area contributed by atoms with Crippen molar-refractivity contribution in [3.63, 3.8) is 0 Å². The Morgan fingerprint density at radius 3 is 2.78 bits per heavy atom. The van der Waals surface area contributed by atoms with Gasteiger partial charge in [-0.1, -0.05) is 75.7 Å². The van der Waals surface area contributed by atoms with E-state index < -0.39 is 0 Å². The van der Waals surface area contributed by atoms with Crippen LogP contribution in [0.4, 0.5) is 0 Å². The Morgan fingerprint density at radius 2 is 2.00 bits per heavy atom. The second kappa shape index (κ2) is 6.24. The van der Waals surface area contributed by atoms with Gasteiger partial charge in [-0.05, 0) is 21.9 Å². The minimum absolute atomic E-state index is 0.158. The Morgan fingerprint density at radius 1 is 1.22 bits per heavy atom. The van der Waals surface area contributed by atoms with Crippen molar-refractivity contribution in [3.05, 3.63) is 64.5 Å². The Labute approximate surface area is 114 Å². The smallest absolute Gasteiger partial charge is 0.0655 e. The van der Waals surface area contributed by atoms with Crippen molar-refractivity contribution in [1.82, 2.24) is 0 Å². The number of halogens is 1. The first-order valence-electron chi connectivity index (χ1n) is 5.61. The van der Waals surface area contributed by atoms with Crippen molar-refractivity contribution in [1.29, 1.82) is 0 Å². The molecule has 0 bridgehead atoms. The predicted molar refractivity (Wildman–Crippen MR) is 79.7 cm³/mol. The van der Waals surface area contributed by atoms with E-state index >= 15 is 0 Å². The van der Waals surface area contributed by atoms with Gasteiger partial charge in [0.15, 0.2) is 0 Å². The minimum atomic E-state index is -0.158. The molecule has 0 fully saturated rings. The van der Waals surface area contributed by atoms with Crippen LogP contribution in [-0.4, -0.2) is 11.4 Å². The van der Waals surface area contributed by atoms with E-state index in [1.165, 1.54) is 10.8 Å². The number of hydrogen-bond donors (Lipinski definition) is 0. The highest BCUT2D eigenvalue weighted by molar-refractivity contribution is 9.09. The summed E-state index contributed by atoms with van der Waals surface area (Å²) in [5.41, 5.74) is 9.57. The SMILES string of the molecule is [N-]=[N+]=NC(C=Cc1cccc2ccccc12)CBr. The lowest BCUT2D eigenvalue weighted by Gasteiger charge is -2.03. The van der Waals surface area contributed by atoms with E-state index in [1.807, 2.05) is 30.4 Å². The summed E-state index contributed by atoms with van der Waals surface area (Å²) in [5.74, 6) is 0. The van der Waals surface area contributed by atoms with Gasteiger partial charge in [0.25, 0.3) is 0 Å². The fourth-order valence-electron chi connectivity index (χ4n) is 1.80. The molecule has 1 atom stereocenters. The second-order valence-corrected chi connectivity index (χ2v) is 4.50. The highest BCUT2D eigenvalue weighted by atomic mass is 79.9. The fourth-order valence-corrected chi connectivity index (χ4v) is 2.14. The molecule has 0 saturated heterocycles. The van der Waals surface area contributed by atoms with E-state index in [0.717, 1.165) is 5.56 Å². The van der Waals surface area contributed by atoms with E-state index in [0.29, 0.717) is 5.33 Å². The lowest BCUT2D eigenvalue weighted by atomic mass is 10.0. The van der Waals surface area contributed by atoms with Crippen LogP contribution >= 0.6 is 15.9 Å². The summed E-state index contributed by atoms with van der Waals surface area (Å²) in [7, 11) is 0. The van der Waals surface area contributed by atoms with Crippen LogP contribution in [0.5, 0.6) is 0 Å². The molecule has 4 heteroatoms. The van der Waals surface area contributed by atoms with E-state index in [-0.39, 0.29) is 6.04 Å². The Bertz CT molecular complexity index is 610. The van der Waals surface area contributed by atoms with E-state index in [9.17, 15) is 0 Å². The summed E-state index contributed by atoms with van der Waals surface area (Å²) in [6, 6.07) is 14.2. The molecular formula is C14H12BrN3. The van der Waals surface area contributed by atoms with Gasteiger partial charge in [-0.25, -0.2) is 0 Å². The van der Waals surface area contributed by atoms with E-state index in [2.05, 4.69) is 50.2 Å². The highest BCUT2D eigenvalue weighted by Gasteiger charge is 2.00. The maximum Gasteiger partial charge on any atom is 0.0655 e. The summed E-state index contributed by atoms with van der Waals surface area (Å²) in [6.07, 6.45) is 3.92. The fraction of sp³-hybridized carbons (Fsp3) is 0.143. The van der Waals surface area contributed by atoms with Gasteiger partial charge in [0.2, 0.25) is 0 Å². The average Bonchev–Trinajstić information content (AvgIpc) is 2.43. The Hall–Kier alpha value is -1.77. The van der Waals surface area contributed by atoms with Crippen LogP contribution in [0.25, 0.3) is 27.3 Å². The van der Waals surface area contributed by atoms with Crippen molar-refractivity contribution in [2.75, 3.05) is 5.33 Å². The van der Waals surface area contributed by atoms with Crippen molar-refractivity contribution in [2.45, 2.75) is 6.04 Å². The third-order valence-corrected chi connectivity index (χ3v) is 3.34. The zero-order valence-electron chi connectivity index (χ0n) is 9.70. The molecule has 0 aliphatic carbocycles. The molecule has 0 saturated carbocycles. The number of nitrogens with zero attached hydrogens (tertiary/aromatic N) is 3. The molecule has 2 aromatic rings. The molecule has 0 spiro atoms. The lowest BCUT2D eigenvalue weighted by Crippen LogP contribution is -1.98. The molecule has 18 heavy (non-hydrogen) atoms. The molecular weight excluding hydrogens is 290 g/mol. The maximum absolute atomic E-state index is 8.44. The van der Waals surface area contributed by atoms with Crippen LogP contribution in [0.2, 0.25) is 0 Å². The molecule has 0 aliphatic rings. The molecule has 2 aromatic carbocycles.